The standard InChI is InChI=1S/C22H17NO4S/c1-13-5-2-3-6-14(13)22(26)27-11-12-28-18-10-9-17-19-15(18)7-4-8-16(19)20(24)23-21(17)25/h2-10H,11-12H2,1H3,(H,23,24,25). The molecule has 0 aliphatic carbocycles. The molecule has 1 aliphatic heterocycles. The molecule has 140 valence electrons. The average Bonchev–Trinajstić information content (AvgIpc) is 2.70. The molecule has 1 heterocycles. The molecule has 2 amide bonds. The second-order valence-electron chi connectivity index (χ2n) is 6.42. The lowest BCUT2D eigenvalue weighted by molar-refractivity contribution is 0.0529. The summed E-state index contributed by atoms with van der Waals surface area (Å²) in [7, 11) is 0. The number of nitrogens with one attached hydrogen (secondary N) is 1. The number of benzene rings is 3. The van der Waals surface area contributed by atoms with Gasteiger partial charge in [0.05, 0.1) is 5.56 Å². The predicted octanol–water partition coefficient (Wildman–Crippen LogP) is 3.98. The van der Waals surface area contributed by atoms with Crippen LogP contribution in [0.1, 0.15) is 36.6 Å². The van der Waals surface area contributed by atoms with Gasteiger partial charge in [-0.25, -0.2) is 4.79 Å². The quantitative estimate of drug-likeness (QED) is 0.308. The topological polar surface area (TPSA) is 72.5 Å². The summed E-state index contributed by atoms with van der Waals surface area (Å²) in [6, 6.07) is 16.3. The Morgan fingerprint density at radius 2 is 1.71 bits per heavy atom. The van der Waals surface area contributed by atoms with Crippen molar-refractivity contribution in [3.05, 3.63) is 76.9 Å². The third kappa shape index (κ3) is 3.27. The van der Waals surface area contributed by atoms with Crippen molar-refractivity contribution in [3.63, 3.8) is 0 Å². The Morgan fingerprint density at radius 1 is 0.964 bits per heavy atom. The summed E-state index contributed by atoms with van der Waals surface area (Å²) in [6.07, 6.45) is 0. The largest absolute Gasteiger partial charge is 0.461 e. The highest BCUT2D eigenvalue weighted by Crippen LogP contribution is 2.34. The van der Waals surface area contributed by atoms with Gasteiger partial charge in [-0.3, -0.25) is 14.9 Å². The molecule has 0 unspecified atom stereocenters. The molecule has 6 heteroatoms. The van der Waals surface area contributed by atoms with Crippen LogP contribution in [0.2, 0.25) is 0 Å². The van der Waals surface area contributed by atoms with Gasteiger partial charge in [-0.05, 0) is 42.1 Å². The van der Waals surface area contributed by atoms with E-state index in [4.69, 9.17) is 4.74 Å². The normalized spacial score (nSPS) is 12.8. The molecule has 0 saturated carbocycles. The van der Waals surface area contributed by atoms with Crippen molar-refractivity contribution in [2.45, 2.75) is 11.8 Å². The minimum atomic E-state index is -0.377. The Morgan fingerprint density at radius 3 is 2.50 bits per heavy atom. The van der Waals surface area contributed by atoms with E-state index < -0.39 is 0 Å². The van der Waals surface area contributed by atoms with Crippen molar-refractivity contribution >= 4 is 40.3 Å². The zero-order chi connectivity index (χ0) is 19.7. The Labute approximate surface area is 166 Å². The summed E-state index contributed by atoms with van der Waals surface area (Å²) in [5.41, 5.74) is 2.45. The molecule has 5 nitrogen and oxygen atoms in total. The molecule has 0 spiro atoms. The molecule has 0 radical (unpaired) electrons. The van der Waals surface area contributed by atoms with Crippen LogP contribution in [0.15, 0.2) is 59.5 Å². The van der Waals surface area contributed by atoms with Gasteiger partial charge in [0, 0.05) is 27.2 Å². The Kier molecular flexibility index (Phi) is 4.88. The second kappa shape index (κ2) is 7.48. The molecule has 0 saturated heterocycles. The highest BCUT2D eigenvalue weighted by molar-refractivity contribution is 7.99. The van der Waals surface area contributed by atoms with Crippen LogP contribution < -0.4 is 5.32 Å². The molecule has 0 fully saturated rings. The molecule has 1 N–H and O–H groups in total. The van der Waals surface area contributed by atoms with E-state index in [1.165, 1.54) is 11.8 Å². The summed E-state index contributed by atoms with van der Waals surface area (Å²) >= 11 is 1.53. The highest BCUT2D eigenvalue weighted by Gasteiger charge is 2.25. The van der Waals surface area contributed by atoms with Gasteiger partial charge in [-0.1, -0.05) is 30.3 Å². The number of carbonyl (C=O) groups excluding carboxylic acids is 3. The maximum atomic E-state index is 12.2. The third-order valence-corrected chi connectivity index (χ3v) is 5.69. The Balaban J connectivity index is 1.49. The molecule has 0 atom stereocenters. The first-order valence-electron chi connectivity index (χ1n) is 8.83. The van der Waals surface area contributed by atoms with Crippen LogP contribution in [0, 0.1) is 6.92 Å². The van der Waals surface area contributed by atoms with E-state index in [0.29, 0.717) is 27.8 Å². The Hall–Kier alpha value is -3.12. The van der Waals surface area contributed by atoms with Gasteiger partial charge in [0.15, 0.2) is 0 Å². The summed E-state index contributed by atoms with van der Waals surface area (Å²) in [4.78, 5) is 37.3. The number of rotatable bonds is 5. The molecule has 3 aromatic rings. The van der Waals surface area contributed by atoms with Crippen LogP contribution in [0.25, 0.3) is 10.8 Å². The van der Waals surface area contributed by atoms with Crippen molar-refractivity contribution in [2.24, 2.45) is 0 Å². The zero-order valence-electron chi connectivity index (χ0n) is 15.2. The molecular formula is C22H17NO4S. The van der Waals surface area contributed by atoms with Gasteiger partial charge in [0.25, 0.3) is 11.8 Å². The van der Waals surface area contributed by atoms with E-state index in [0.717, 1.165) is 15.8 Å². The van der Waals surface area contributed by atoms with E-state index in [1.807, 2.05) is 37.3 Å². The van der Waals surface area contributed by atoms with Gasteiger partial charge in [-0.2, -0.15) is 0 Å². The van der Waals surface area contributed by atoms with Gasteiger partial charge in [-0.15, -0.1) is 11.8 Å². The van der Waals surface area contributed by atoms with Crippen molar-refractivity contribution in [3.8, 4) is 0 Å². The minimum absolute atomic E-state index is 0.264. The lowest BCUT2D eigenvalue weighted by Gasteiger charge is -2.18. The summed E-state index contributed by atoms with van der Waals surface area (Å²) in [6.45, 7) is 2.14. The number of aryl methyl sites for hydroxylation is 1. The smallest absolute Gasteiger partial charge is 0.338 e. The fraction of sp³-hybridized carbons (Fsp3) is 0.136. The SMILES string of the molecule is Cc1ccccc1C(=O)OCCSc1ccc2c3c(cccc13)C(=O)NC2=O. The molecular weight excluding hydrogens is 374 g/mol. The zero-order valence-corrected chi connectivity index (χ0v) is 16.0. The van der Waals surface area contributed by atoms with Gasteiger partial charge in [0.1, 0.15) is 6.61 Å². The lowest BCUT2D eigenvalue weighted by Crippen LogP contribution is -2.34. The number of hydrogen-bond acceptors (Lipinski definition) is 5. The molecule has 28 heavy (non-hydrogen) atoms. The first-order valence-corrected chi connectivity index (χ1v) is 9.82. The fourth-order valence-electron chi connectivity index (χ4n) is 3.29. The van der Waals surface area contributed by atoms with Crippen molar-refractivity contribution in [1.82, 2.24) is 5.32 Å². The fourth-order valence-corrected chi connectivity index (χ4v) is 4.16. The van der Waals surface area contributed by atoms with Crippen LogP contribution in [0.5, 0.6) is 0 Å². The summed E-state index contributed by atoms with van der Waals surface area (Å²) < 4.78 is 5.38. The number of hydrogen-bond donors (Lipinski definition) is 1. The first kappa shape index (κ1) is 18.3. The van der Waals surface area contributed by atoms with Crippen molar-refractivity contribution in [2.75, 3.05) is 12.4 Å². The Bertz CT molecular complexity index is 1100. The molecule has 1 aliphatic rings. The van der Waals surface area contributed by atoms with Gasteiger partial charge in [0.2, 0.25) is 0 Å². The van der Waals surface area contributed by atoms with Crippen LogP contribution in [0.3, 0.4) is 0 Å². The maximum absolute atomic E-state index is 12.2. The number of carbonyl (C=O) groups is 3. The van der Waals surface area contributed by atoms with E-state index in [1.54, 1.807) is 24.3 Å². The van der Waals surface area contributed by atoms with E-state index in [-0.39, 0.29) is 24.4 Å². The number of ether oxygens (including phenoxy) is 1. The minimum Gasteiger partial charge on any atom is -0.461 e. The molecule has 0 bridgehead atoms. The predicted molar refractivity (Wildman–Crippen MR) is 108 cm³/mol. The summed E-state index contributed by atoms with van der Waals surface area (Å²) in [5.74, 6) is -0.524. The van der Waals surface area contributed by atoms with Crippen LogP contribution in [-0.4, -0.2) is 30.1 Å². The number of imide groups is 1. The van der Waals surface area contributed by atoms with Crippen molar-refractivity contribution in [1.29, 1.82) is 0 Å². The second-order valence-corrected chi connectivity index (χ2v) is 7.56. The molecule has 3 aromatic carbocycles. The molecule has 0 aromatic heterocycles. The van der Waals surface area contributed by atoms with Gasteiger partial charge >= 0.3 is 5.97 Å². The van der Waals surface area contributed by atoms with E-state index in [9.17, 15) is 14.4 Å². The maximum Gasteiger partial charge on any atom is 0.338 e. The number of thioether (sulfide) groups is 1. The average molecular weight is 391 g/mol. The van der Waals surface area contributed by atoms with Gasteiger partial charge < -0.3 is 4.74 Å². The summed E-state index contributed by atoms with van der Waals surface area (Å²) in [5, 5.41) is 3.89. The lowest BCUT2D eigenvalue weighted by atomic mass is 9.95. The van der Waals surface area contributed by atoms with Crippen LogP contribution in [-0.2, 0) is 4.74 Å². The van der Waals surface area contributed by atoms with Crippen molar-refractivity contribution < 1.29 is 19.1 Å². The van der Waals surface area contributed by atoms with Crippen LogP contribution in [0.4, 0.5) is 0 Å². The molecule has 4 rings (SSSR count). The monoisotopic (exact) mass is 391 g/mol. The van der Waals surface area contributed by atoms with Crippen LogP contribution >= 0.6 is 11.8 Å². The number of amides is 2. The van der Waals surface area contributed by atoms with E-state index in [2.05, 4.69) is 5.32 Å². The third-order valence-electron chi connectivity index (χ3n) is 4.66. The highest BCUT2D eigenvalue weighted by atomic mass is 32.2. The van der Waals surface area contributed by atoms with E-state index >= 15 is 0 Å². The number of esters is 1. The first-order chi connectivity index (χ1) is 13.6.